The number of allylic oxidation sites excluding steroid dienone is 1. The summed E-state index contributed by atoms with van der Waals surface area (Å²) in [6.07, 6.45) is 17.4. The molecule has 0 bridgehead atoms. The van der Waals surface area contributed by atoms with E-state index in [0.717, 1.165) is 23.7 Å². The van der Waals surface area contributed by atoms with E-state index in [1.807, 2.05) is 0 Å². The quantitative estimate of drug-likeness (QED) is 0.493. The molecule has 0 amide bonds. The van der Waals surface area contributed by atoms with Gasteiger partial charge in [0, 0.05) is 0 Å². The fraction of sp³-hybridized carbons (Fsp3) is 0.692. The highest BCUT2D eigenvalue weighted by molar-refractivity contribution is 5.54. The Morgan fingerprint density at radius 1 is 0.885 bits per heavy atom. The maximum Gasteiger partial charge on any atom is -0.0254 e. The van der Waals surface area contributed by atoms with Crippen LogP contribution in [0.2, 0.25) is 0 Å². The van der Waals surface area contributed by atoms with Crippen molar-refractivity contribution in [3.8, 4) is 0 Å². The number of hydrogen-bond donors (Lipinski definition) is 0. The molecule has 140 valence electrons. The van der Waals surface area contributed by atoms with Gasteiger partial charge in [-0.05, 0) is 91.4 Å². The van der Waals surface area contributed by atoms with Gasteiger partial charge in [0.1, 0.15) is 0 Å². The lowest BCUT2D eigenvalue weighted by Gasteiger charge is -2.59. The van der Waals surface area contributed by atoms with Crippen molar-refractivity contribution in [3.63, 3.8) is 0 Å². The average molecular weight is 349 g/mol. The van der Waals surface area contributed by atoms with E-state index in [9.17, 15) is 0 Å². The predicted octanol–water partition coefficient (Wildman–Crippen LogP) is 7.50. The number of rotatable bonds is 1. The summed E-state index contributed by atoms with van der Waals surface area (Å²) in [6.45, 7) is 5.33. The van der Waals surface area contributed by atoms with Crippen LogP contribution < -0.4 is 0 Å². The van der Waals surface area contributed by atoms with E-state index in [0.29, 0.717) is 10.8 Å². The predicted molar refractivity (Wildman–Crippen MR) is 111 cm³/mol. The maximum atomic E-state index is 2.70. The van der Waals surface area contributed by atoms with Gasteiger partial charge in [0.15, 0.2) is 0 Å². The Morgan fingerprint density at radius 3 is 2.58 bits per heavy atom. The molecule has 0 saturated heterocycles. The van der Waals surface area contributed by atoms with Crippen LogP contribution in [0.1, 0.15) is 83.6 Å². The molecule has 0 heteroatoms. The molecule has 4 aliphatic rings. The molecule has 1 aromatic rings. The molecule has 4 fully saturated rings. The van der Waals surface area contributed by atoms with E-state index in [1.165, 1.54) is 69.8 Å². The van der Waals surface area contributed by atoms with Crippen molar-refractivity contribution in [3.05, 3.63) is 41.5 Å². The van der Waals surface area contributed by atoms with Crippen LogP contribution in [-0.4, -0.2) is 0 Å². The third-order valence-electron chi connectivity index (χ3n) is 9.38. The first kappa shape index (κ1) is 17.1. The minimum Gasteiger partial charge on any atom is -0.0688 e. The Bertz CT molecular complexity index is 685. The van der Waals surface area contributed by atoms with Gasteiger partial charge in [0.25, 0.3) is 0 Å². The zero-order chi connectivity index (χ0) is 17.8. The molecule has 0 aliphatic heterocycles. The molecule has 26 heavy (non-hydrogen) atoms. The Kier molecular flexibility index (Phi) is 4.11. The van der Waals surface area contributed by atoms with Gasteiger partial charge in [-0.15, -0.1) is 0 Å². The molecule has 5 rings (SSSR count). The van der Waals surface area contributed by atoms with Gasteiger partial charge in [0.2, 0.25) is 0 Å². The summed E-state index contributed by atoms with van der Waals surface area (Å²) in [6, 6.07) is 11.0. The fourth-order valence-electron chi connectivity index (χ4n) is 8.07. The van der Waals surface area contributed by atoms with Gasteiger partial charge in [-0.25, -0.2) is 0 Å². The lowest BCUT2D eigenvalue weighted by Crippen LogP contribution is -2.51. The zero-order valence-electron chi connectivity index (χ0n) is 16.8. The third-order valence-corrected chi connectivity index (χ3v) is 9.38. The molecule has 4 aliphatic carbocycles. The lowest BCUT2D eigenvalue weighted by atomic mass is 9.45. The lowest BCUT2D eigenvalue weighted by molar-refractivity contribution is -0.103. The van der Waals surface area contributed by atoms with Crippen molar-refractivity contribution in [1.82, 2.24) is 0 Å². The highest BCUT2D eigenvalue weighted by Gasteiger charge is 2.57. The summed E-state index contributed by atoms with van der Waals surface area (Å²) in [5, 5.41) is 0. The Hall–Kier alpha value is -1.04. The average Bonchev–Trinajstić information content (AvgIpc) is 2.98. The maximum absolute atomic E-state index is 2.70. The normalized spacial score (nSPS) is 46.5. The van der Waals surface area contributed by atoms with Crippen molar-refractivity contribution >= 4 is 6.08 Å². The summed E-state index contributed by atoms with van der Waals surface area (Å²) < 4.78 is 0. The standard InChI is InChI=1S/C26H36/c1-25-15-13-23-22(12-11-21-10-6-7-14-26(21,23)2)24(25)17-20(18-25)16-19-8-4-3-5-9-19/h3-5,8-9,16,21-24H,6-7,10-15,17-18H2,1-2H3/b20-16-/t21?,22-,23+,24+,25-,26+/m1/s1. The minimum atomic E-state index is 0.583. The highest BCUT2D eigenvalue weighted by atomic mass is 14.6. The summed E-state index contributed by atoms with van der Waals surface area (Å²) in [4.78, 5) is 0. The molecular formula is C26H36. The van der Waals surface area contributed by atoms with Crippen molar-refractivity contribution in [2.24, 2.45) is 34.5 Å². The topological polar surface area (TPSA) is 0 Å². The number of fused-ring (bicyclic) bond motifs is 5. The molecule has 1 aromatic carbocycles. The van der Waals surface area contributed by atoms with Gasteiger partial charge in [0.05, 0.1) is 0 Å². The molecular weight excluding hydrogens is 312 g/mol. The van der Waals surface area contributed by atoms with E-state index in [4.69, 9.17) is 0 Å². The molecule has 0 N–H and O–H groups in total. The van der Waals surface area contributed by atoms with Crippen LogP contribution in [0.15, 0.2) is 35.9 Å². The molecule has 0 heterocycles. The molecule has 1 unspecified atom stereocenters. The first-order valence-electron chi connectivity index (χ1n) is 11.3. The molecule has 0 nitrogen and oxygen atoms in total. The fourth-order valence-corrected chi connectivity index (χ4v) is 8.07. The van der Waals surface area contributed by atoms with Gasteiger partial charge in [-0.2, -0.15) is 0 Å². The summed E-state index contributed by atoms with van der Waals surface area (Å²) in [5.74, 6) is 4.03. The van der Waals surface area contributed by atoms with Gasteiger partial charge < -0.3 is 0 Å². The summed E-state index contributed by atoms with van der Waals surface area (Å²) in [7, 11) is 0. The molecule has 0 spiro atoms. The van der Waals surface area contributed by atoms with E-state index < -0.39 is 0 Å². The second kappa shape index (κ2) is 6.25. The minimum absolute atomic E-state index is 0.583. The Balaban J connectivity index is 1.42. The van der Waals surface area contributed by atoms with Gasteiger partial charge in [-0.3, -0.25) is 0 Å². The first-order chi connectivity index (χ1) is 12.6. The van der Waals surface area contributed by atoms with Crippen LogP contribution >= 0.6 is 0 Å². The van der Waals surface area contributed by atoms with Crippen molar-refractivity contribution < 1.29 is 0 Å². The molecule has 4 saturated carbocycles. The van der Waals surface area contributed by atoms with E-state index in [-0.39, 0.29) is 0 Å². The Labute approximate surface area is 160 Å². The zero-order valence-corrected chi connectivity index (χ0v) is 16.8. The van der Waals surface area contributed by atoms with E-state index in [2.05, 4.69) is 50.3 Å². The summed E-state index contributed by atoms with van der Waals surface area (Å²) in [5.41, 5.74) is 4.40. The number of hydrogen-bond acceptors (Lipinski definition) is 0. The van der Waals surface area contributed by atoms with Crippen LogP contribution in [-0.2, 0) is 0 Å². The van der Waals surface area contributed by atoms with E-state index in [1.54, 1.807) is 5.57 Å². The van der Waals surface area contributed by atoms with E-state index >= 15 is 0 Å². The van der Waals surface area contributed by atoms with Crippen LogP contribution in [0.25, 0.3) is 6.08 Å². The second-order valence-electron chi connectivity index (χ2n) is 10.7. The smallest absolute Gasteiger partial charge is 0.0254 e. The SMILES string of the molecule is C[C@]12CC[C@H]3[C@@H](CCC4CCCC[C@@]43C)[C@@H]1C/C(=C/c1ccccc1)C2. The monoisotopic (exact) mass is 348 g/mol. The molecule has 6 atom stereocenters. The number of benzene rings is 1. The summed E-state index contributed by atoms with van der Waals surface area (Å²) >= 11 is 0. The highest BCUT2D eigenvalue weighted by Crippen LogP contribution is 2.66. The van der Waals surface area contributed by atoms with Crippen LogP contribution in [0.5, 0.6) is 0 Å². The second-order valence-corrected chi connectivity index (χ2v) is 10.7. The molecule has 0 aromatic heterocycles. The molecule has 0 radical (unpaired) electrons. The van der Waals surface area contributed by atoms with Crippen LogP contribution in [0.4, 0.5) is 0 Å². The third kappa shape index (κ3) is 2.62. The van der Waals surface area contributed by atoms with Crippen molar-refractivity contribution in [2.45, 2.75) is 78.1 Å². The Morgan fingerprint density at radius 2 is 1.73 bits per heavy atom. The van der Waals surface area contributed by atoms with Crippen LogP contribution in [0, 0.1) is 34.5 Å². The van der Waals surface area contributed by atoms with Crippen LogP contribution in [0.3, 0.4) is 0 Å². The van der Waals surface area contributed by atoms with Crippen molar-refractivity contribution in [2.75, 3.05) is 0 Å². The largest absolute Gasteiger partial charge is 0.0688 e. The van der Waals surface area contributed by atoms with Gasteiger partial charge in [-0.1, -0.05) is 68.7 Å². The first-order valence-corrected chi connectivity index (χ1v) is 11.3. The van der Waals surface area contributed by atoms with Crippen molar-refractivity contribution in [1.29, 1.82) is 0 Å². The van der Waals surface area contributed by atoms with Gasteiger partial charge >= 0.3 is 0 Å².